The molecule has 0 rings (SSSR count). The average molecular weight is 181 g/mol. The van der Waals surface area contributed by atoms with Crippen LogP contribution in [-0.2, 0) is 4.74 Å². The molecule has 0 amide bonds. The third-order valence-corrected chi connectivity index (χ3v) is 3.37. The van der Waals surface area contributed by atoms with Gasteiger partial charge in [-0.3, -0.25) is 0 Å². The van der Waals surface area contributed by atoms with Crippen molar-refractivity contribution in [3.8, 4) is 0 Å². The molecule has 0 aliphatic heterocycles. The molecule has 1 nitrogen and oxygen atoms in total. The fourth-order valence-corrected chi connectivity index (χ4v) is 2.12. The van der Waals surface area contributed by atoms with Gasteiger partial charge in [0.15, 0.2) is 7.38 Å². The highest BCUT2D eigenvalue weighted by Crippen LogP contribution is 2.15. The molecule has 0 saturated heterocycles. The molecule has 0 aromatic rings. The molecule has 0 aliphatic rings. The lowest BCUT2D eigenvalue weighted by Gasteiger charge is -2.11. The lowest BCUT2D eigenvalue weighted by atomic mass is 10.5. The summed E-state index contributed by atoms with van der Waals surface area (Å²) >= 11 is 6.10. The maximum atomic E-state index is 6.10. The number of halogens is 1. The first-order valence-corrected chi connectivity index (χ1v) is 8.05. The summed E-state index contributed by atoms with van der Waals surface area (Å²) in [6.07, 6.45) is 1.12. The summed E-state index contributed by atoms with van der Waals surface area (Å²) < 4.78 is 5.19. The van der Waals surface area contributed by atoms with Gasteiger partial charge < -0.3 is 4.74 Å². The molecule has 0 unspecified atom stereocenters. The first kappa shape index (κ1) is 10.5. The van der Waals surface area contributed by atoms with E-state index in [0.717, 1.165) is 25.7 Å². The fraction of sp³-hybridized carbons (Fsp3) is 1.00. The predicted octanol–water partition coefficient (Wildman–Crippen LogP) is 2.86. The number of hydrogen-bond donors (Lipinski definition) is 0. The van der Waals surface area contributed by atoms with Crippen molar-refractivity contribution in [3.05, 3.63) is 0 Å². The monoisotopic (exact) mass is 180 g/mol. The topological polar surface area (TPSA) is 9.23 Å². The second-order valence-corrected chi connectivity index (χ2v) is 10.0. The van der Waals surface area contributed by atoms with Crippen molar-refractivity contribution >= 4 is 18.5 Å². The molecule has 0 atom stereocenters. The quantitative estimate of drug-likeness (QED) is 0.359. The Balaban J connectivity index is 3.04. The second kappa shape index (κ2) is 5.16. The van der Waals surface area contributed by atoms with Crippen molar-refractivity contribution in [1.82, 2.24) is 0 Å². The summed E-state index contributed by atoms with van der Waals surface area (Å²) in [5.41, 5.74) is 0. The van der Waals surface area contributed by atoms with Crippen LogP contribution in [0.3, 0.4) is 0 Å². The standard InChI is InChI=1S/C7H17ClOSi/c1-4-9-6-5-7-10(2,3)8/h4-7H2,1-3H3. The van der Waals surface area contributed by atoms with Crippen molar-refractivity contribution in [2.45, 2.75) is 32.5 Å². The van der Waals surface area contributed by atoms with Gasteiger partial charge in [-0.05, 0) is 19.4 Å². The van der Waals surface area contributed by atoms with Crippen LogP contribution in [0, 0.1) is 0 Å². The zero-order valence-corrected chi connectivity index (χ0v) is 8.87. The second-order valence-electron chi connectivity index (χ2n) is 3.02. The van der Waals surface area contributed by atoms with Crippen LogP contribution < -0.4 is 0 Å². The zero-order valence-electron chi connectivity index (χ0n) is 7.11. The van der Waals surface area contributed by atoms with Crippen molar-refractivity contribution < 1.29 is 4.74 Å². The van der Waals surface area contributed by atoms with E-state index in [4.69, 9.17) is 15.8 Å². The Morgan fingerprint density at radius 2 is 2.00 bits per heavy atom. The molecule has 0 fully saturated rings. The molecule has 0 aromatic carbocycles. The molecule has 0 spiro atoms. The molecule has 0 heterocycles. The van der Waals surface area contributed by atoms with Gasteiger partial charge in [-0.25, -0.2) is 0 Å². The highest BCUT2D eigenvalue weighted by Gasteiger charge is 2.15. The Bertz CT molecular complexity index is 80.2. The maximum absolute atomic E-state index is 6.10. The molecular weight excluding hydrogens is 164 g/mol. The van der Waals surface area contributed by atoms with E-state index in [0.29, 0.717) is 0 Å². The summed E-state index contributed by atoms with van der Waals surface area (Å²) in [5.74, 6) is 0. The Kier molecular flexibility index (Phi) is 5.40. The Labute approximate surface area is 69.4 Å². The van der Waals surface area contributed by atoms with Gasteiger partial charge in [0, 0.05) is 13.2 Å². The smallest absolute Gasteiger partial charge is 0.150 e. The van der Waals surface area contributed by atoms with Crippen LogP contribution >= 0.6 is 11.1 Å². The fourth-order valence-electron chi connectivity index (χ4n) is 0.739. The number of rotatable bonds is 5. The molecule has 0 aliphatic carbocycles. The van der Waals surface area contributed by atoms with E-state index in [2.05, 4.69) is 13.1 Å². The SMILES string of the molecule is CCOCCC[Si](C)(C)Cl. The van der Waals surface area contributed by atoms with Gasteiger partial charge in [-0.15, -0.1) is 0 Å². The largest absolute Gasteiger partial charge is 0.382 e. The highest BCUT2D eigenvalue weighted by molar-refractivity contribution is 7.19. The van der Waals surface area contributed by atoms with Gasteiger partial charge in [0.05, 0.1) is 0 Å². The maximum Gasteiger partial charge on any atom is 0.150 e. The third-order valence-electron chi connectivity index (χ3n) is 1.26. The highest BCUT2D eigenvalue weighted by atomic mass is 35.6. The lowest BCUT2D eigenvalue weighted by Crippen LogP contribution is -2.16. The van der Waals surface area contributed by atoms with Crippen molar-refractivity contribution in [3.63, 3.8) is 0 Å². The molecular formula is C7H17ClOSi. The van der Waals surface area contributed by atoms with E-state index in [9.17, 15) is 0 Å². The Morgan fingerprint density at radius 3 is 2.40 bits per heavy atom. The van der Waals surface area contributed by atoms with Crippen LogP contribution in [-0.4, -0.2) is 20.6 Å². The van der Waals surface area contributed by atoms with Gasteiger partial charge in [-0.2, -0.15) is 11.1 Å². The summed E-state index contributed by atoms with van der Waals surface area (Å²) in [7, 11) is -1.31. The molecule has 62 valence electrons. The molecule has 0 saturated carbocycles. The van der Waals surface area contributed by atoms with Crippen LogP contribution in [0.4, 0.5) is 0 Å². The third kappa shape index (κ3) is 8.47. The van der Waals surface area contributed by atoms with Gasteiger partial charge >= 0.3 is 0 Å². The van der Waals surface area contributed by atoms with Crippen LogP contribution in [0.25, 0.3) is 0 Å². The molecule has 0 aromatic heterocycles. The van der Waals surface area contributed by atoms with Crippen LogP contribution in [0.2, 0.25) is 19.1 Å². The summed E-state index contributed by atoms with van der Waals surface area (Å²) in [6, 6.07) is 1.16. The van der Waals surface area contributed by atoms with E-state index in [1.54, 1.807) is 0 Å². The minimum Gasteiger partial charge on any atom is -0.382 e. The van der Waals surface area contributed by atoms with E-state index < -0.39 is 7.38 Å². The number of ether oxygens (including phenoxy) is 1. The lowest BCUT2D eigenvalue weighted by molar-refractivity contribution is 0.148. The summed E-state index contributed by atoms with van der Waals surface area (Å²) in [4.78, 5) is 0. The predicted molar refractivity (Wildman–Crippen MR) is 49.3 cm³/mol. The van der Waals surface area contributed by atoms with E-state index in [1.165, 1.54) is 0 Å². The van der Waals surface area contributed by atoms with Crippen LogP contribution in [0.5, 0.6) is 0 Å². The van der Waals surface area contributed by atoms with Gasteiger partial charge in [-0.1, -0.05) is 13.1 Å². The van der Waals surface area contributed by atoms with Crippen molar-refractivity contribution in [1.29, 1.82) is 0 Å². The van der Waals surface area contributed by atoms with Crippen LogP contribution in [0.1, 0.15) is 13.3 Å². The molecule has 10 heavy (non-hydrogen) atoms. The number of hydrogen-bond acceptors (Lipinski definition) is 1. The summed E-state index contributed by atoms with van der Waals surface area (Å²) in [6.45, 7) is 8.05. The van der Waals surface area contributed by atoms with E-state index in [-0.39, 0.29) is 0 Å². The zero-order chi connectivity index (χ0) is 8.04. The van der Waals surface area contributed by atoms with Gasteiger partial charge in [0.2, 0.25) is 0 Å². The van der Waals surface area contributed by atoms with E-state index in [1.807, 2.05) is 6.92 Å². The minimum absolute atomic E-state index is 0.824. The summed E-state index contributed by atoms with van der Waals surface area (Å²) in [5, 5.41) is 0. The van der Waals surface area contributed by atoms with Crippen molar-refractivity contribution in [2.75, 3.05) is 13.2 Å². The van der Waals surface area contributed by atoms with Crippen molar-refractivity contribution in [2.24, 2.45) is 0 Å². The minimum atomic E-state index is -1.31. The van der Waals surface area contributed by atoms with Gasteiger partial charge in [0.25, 0.3) is 0 Å². The molecule has 0 radical (unpaired) electrons. The molecule has 3 heteroatoms. The average Bonchev–Trinajstić information content (AvgIpc) is 1.78. The Morgan fingerprint density at radius 1 is 1.40 bits per heavy atom. The van der Waals surface area contributed by atoms with Gasteiger partial charge in [0.1, 0.15) is 0 Å². The Hall–Kier alpha value is 0.467. The first-order valence-electron chi connectivity index (χ1n) is 3.83. The molecule has 0 bridgehead atoms. The van der Waals surface area contributed by atoms with E-state index >= 15 is 0 Å². The first-order chi connectivity index (χ1) is 4.56. The van der Waals surface area contributed by atoms with Crippen LogP contribution in [0.15, 0.2) is 0 Å². The molecule has 0 N–H and O–H groups in total. The normalized spacial score (nSPS) is 12.0.